The van der Waals surface area contributed by atoms with Crippen LogP contribution in [0.1, 0.15) is 43.2 Å². The van der Waals surface area contributed by atoms with E-state index in [4.69, 9.17) is 5.84 Å². The summed E-state index contributed by atoms with van der Waals surface area (Å²) in [5, 5.41) is 2.90. The minimum Gasteiger partial charge on any atom is -0.352 e. The van der Waals surface area contributed by atoms with Gasteiger partial charge in [-0.3, -0.25) is 4.79 Å². The van der Waals surface area contributed by atoms with Crippen LogP contribution in [0.15, 0.2) is 12.1 Å². The lowest BCUT2D eigenvalue weighted by Gasteiger charge is -2.18. The predicted octanol–water partition coefficient (Wildman–Crippen LogP) is 1.84. The molecule has 5 heteroatoms. The number of hydrazine groups is 1. The number of nitrogens with zero attached hydrogens (tertiary/aromatic N) is 1. The molecule has 5 nitrogen and oxygen atoms in total. The SMILES string of the molecule is Cc1cc(C(=O)NCCC(C)(C)C)cc(NN)n1. The largest absolute Gasteiger partial charge is 0.352 e. The van der Waals surface area contributed by atoms with Crippen LogP contribution >= 0.6 is 0 Å². The van der Waals surface area contributed by atoms with Crippen LogP contribution in [0.4, 0.5) is 5.82 Å². The zero-order valence-corrected chi connectivity index (χ0v) is 11.5. The molecule has 1 rings (SSSR count). The van der Waals surface area contributed by atoms with Crippen molar-refractivity contribution in [3.63, 3.8) is 0 Å². The van der Waals surface area contributed by atoms with Gasteiger partial charge in [0.05, 0.1) is 0 Å². The molecule has 100 valence electrons. The number of hydrogen-bond acceptors (Lipinski definition) is 4. The number of rotatable bonds is 4. The number of nitrogen functional groups attached to an aromatic ring is 1. The Hall–Kier alpha value is -1.62. The maximum atomic E-state index is 11.9. The first-order valence-corrected chi connectivity index (χ1v) is 6.05. The highest BCUT2D eigenvalue weighted by Crippen LogP contribution is 2.17. The van der Waals surface area contributed by atoms with Crippen molar-refractivity contribution in [3.05, 3.63) is 23.4 Å². The summed E-state index contributed by atoms with van der Waals surface area (Å²) in [6.07, 6.45) is 0.935. The van der Waals surface area contributed by atoms with Crippen molar-refractivity contribution in [2.75, 3.05) is 12.0 Å². The first-order valence-electron chi connectivity index (χ1n) is 6.05. The standard InChI is InChI=1S/C13H22N4O/c1-9-7-10(8-11(16-9)17-14)12(18)15-6-5-13(2,3)4/h7-8H,5-6,14H2,1-4H3,(H,15,18)(H,16,17). The molecule has 0 saturated heterocycles. The number of carbonyl (C=O) groups excluding carboxylic acids is 1. The molecule has 0 bridgehead atoms. The molecule has 0 saturated carbocycles. The molecule has 0 aliphatic heterocycles. The lowest BCUT2D eigenvalue weighted by molar-refractivity contribution is 0.0949. The van der Waals surface area contributed by atoms with Crippen molar-refractivity contribution >= 4 is 11.7 Å². The Morgan fingerprint density at radius 1 is 1.39 bits per heavy atom. The number of nitrogens with one attached hydrogen (secondary N) is 2. The maximum absolute atomic E-state index is 11.9. The summed E-state index contributed by atoms with van der Waals surface area (Å²) >= 11 is 0. The highest BCUT2D eigenvalue weighted by Gasteiger charge is 2.12. The number of anilines is 1. The van der Waals surface area contributed by atoms with Crippen LogP contribution in [0.5, 0.6) is 0 Å². The van der Waals surface area contributed by atoms with Crippen LogP contribution in [0, 0.1) is 12.3 Å². The zero-order chi connectivity index (χ0) is 13.8. The molecule has 1 heterocycles. The van der Waals surface area contributed by atoms with Crippen molar-refractivity contribution in [1.82, 2.24) is 10.3 Å². The Morgan fingerprint density at radius 2 is 2.06 bits per heavy atom. The first-order chi connectivity index (χ1) is 8.31. The van der Waals surface area contributed by atoms with Crippen LogP contribution in [0.25, 0.3) is 0 Å². The molecule has 0 aromatic carbocycles. The van der Waals surface area contributed by atoms with Crippen molar-refractivity contribution in [1.29, 1.82) is 0 Å². The number of aromatic nitrogens is 1. The minimum atomic E-state index is -0.0961. The van der Waals surface area contributed by atoms with E-state index < -0.39 is 0 Å². The smallest absolute Gasteiger partial charge is 0.251 e. The van der Waals surface area contributed by atoms with Crippen LogP contribution in [0.2, 0.25) is 0 Å². The molecule has 0 atom stereocenters. The van der Waals surface area contributed by atoms with Crippen molar-refractivity contribution in [2.45, 2.75) is 34.1 Å². The number of aryl methyl sites for hydroxylation is 1. The van der Waals surface area contributed by atoms with Gasteiger partial charge in [-0.25, -0.2) is 10.8 Å². The fraction of sp³-hybridized carbons (Fsp3) is 0.538. The molecule has 0 radical (unpaired) electrons. The normalized spacial score (nSPS) is 11.2. The Balaban J connectivity index is 2.64. The van der Waals surface area contributed by atoms with E-state index in [1.807, 2.05) is 6.92 Å². The van der Waals surface area contributed by atoms with E-state index >= 15 is 0 Å². The average Bonchev–Trinajstić information content (AvgIpc) is 2.26. The fourth-order valence-electron chi connectivity index (χ4n) is 1.53. The van der Waals surface area contributed by atoms with Gasteiger partial charge in [-0.05, 0) is 30.9 Å². The molecule has 0 aliphatic carbocycles. The van der Waals surface area contributed by atoms with Gasteiger partial charge in [-0.15, -0.1) is 0 Å². The molecule has 18 heavy (non-hydrogen) atoms. The number of carbonyl (C=O) groups is 1. The quantitative estimate of drug-likeness (QED) is 0.562. The second-order valence-corrected chi connectivity index (χ2v) is 5.59. The van der Waals surface area contributed by atoms with Gasteiger partial charge in [0.25, 0.3) is 5.91 Å². The summed E-state index contributed by atoms with van der Waals surface area (Å²) in [6, 6.07) is 3.38. The minimum absolute atomic E-state index is 0.0961. The van der Waals surface area contributed by atoms with Gasteiger partial charge in [0.1, 0.15) is 5.82 Å². The van der Waals surface area contributed by atoms with Crippen LogP contribution in [-0.4, -0.2) is 17.4 Å². The van der Waals surface area contributed by atoms with Gasteiger partial charge < -0.3 is 10.7 Å². The third-order valence-corrected chi connectivity index (χ3v) is 2.52. The van der Waals surface area contributed by atoms with Gasteiger partial charge in [0.2, 0.25) is 0 Å². The third kappa shape index (κ3) is 4.71. The molecule has 0 fully saturated rings. The Bertz CT molecular complexity index is 423. The highest BCUT2D eigenvalue weighted by molar-refractivity contribution is 5.94. The monoisotopic (exact) mass is 250 g/mol. The second-order valence-electron chi connectivity index (χ2n) is 5.59. The van der Waals surface area contributed by atoms with Crippen LogP contribution in [0.3, 0.4) is 0 Å². The third-order valence-electron chi connectivity index (χ3n) is 2.52. The molecular formula is C13H22N4O. The lowest BCUT2D eigenvalue weighted by atomic mass is 9.92. The maximum Gasteiger partial charge on any atom is 0.251 e. The summed E-state index contributed by atoms with van der Waals surface area (Å²) in [7, 11) is 0. The molecular weight excluding hydrogens is 228 g/mol. The van der Waals surface area contributed by atoms with Crippen LogP contribution < -0.4 is 16.6 Å². The number of hydrogen-bond donors (Lipinski definition) is 3. The van der Waals surface area contributed by atoms with Gasteiger partial charge in [-0.1, -0.05) is 20.8 Å². The molecule has 0 unspecified atom stereocenters. The van der Waals surface area contributed by atoms with E-state index in [9.17, 15) is 4.79 Å². The van der Waals surface area contributed by atoms with E-state index in [0.29, 0.717) is 17.9 Å². The molecule has 1 amide bonds. The van der Waals surface area contributed by atoms with Crippen molar-refractivity contribution in [3.8, 4) is 0 Å². The van der Waals surface area contributed by atoms with Gasteiger partial charge >= 0.3 is 0 Å². The fourth-order valence-corrected chi connectivity index (χ4v) is 1.53. The van der Waals surface area contributed by atoms with E-state index in [2.05, 4.69) is 36.5 Å². The lowest BCUT2D eigenvalue weighted by Crippen LogP contribution is -2.27. The molecule has 0 spiro atoms. The van der Waals surface area contributed by atoms with E-state index in [-0.39, 0.29) is 11.3 Å². The number of amides is 1. The van der Waals surface area contributed by atoms with Crippen LogP contribution in [-0.2, 0) is 0 Å². The van der Waals surface area contributed by atoms with Gasteiger partial charge in [-0.2, -0.15) is 0 Å². The molecule has 1 aromatic rings. The highest BCUT2D eigenvalue weighted by atomic mass is 16.1. The number of nitrogens with two attached hydrogens (primary N) is 1. The van der Waals surface area contributed by atoms with E-state index in [0.717, 1.165) is 12.1 Å². The molecule has 4 N–H and O–H groups in total. The molecule has 0 aliphatic rings. The number of pyridine rings is 1. The van der Waals surface area contributed by atoms with Crippen molar-refractivity contribution in [2.24, 2.45) is 11.3 Å². The summed E-state index contributed by atoms with van der Waals surface area (Å²) in [4.78, 5) is 16.1. The summed E-state index contributed by atoms with van der Waals surface area (Å²) in [6.45, 7) is 8.92. The Morgan fingerprint density at radius 3 is 2.61 bits per heavy atom. The summed E-state index contributed by atoms with van der Waals surface area (Å²) < 4.78 is 0. The Kier molecular flexibility index (Phi) is 4.67. The molecule has 1 aromatic heterocycles. The topological polar surface area (TPSA) is 80.0 Å². The van der Waals surface area contributed by atoms with E-state index in [1.54, 1.807) is 12.1 Å². The predicted molar refractivity (Wildman–Crippen MR) is 73.2 cm³/mol. The Labute approximate surface area is 108 Å². The summed E-state index contributed by atoms with van der Waals surface area (Å²) in [5.41, 5.74) is 4.00. The van der Waals surface area contributed by atoms with Crippen molar-refractivity contribution < 1.29 is 4.79 Å². The second kappa shape index (κ2) is 5.82. The average molecular weight is 250 g/mol. The zero-order valence-electron chi connectivity index (χ0n) is 11.5. The van der Waals surface area contributed by atoms with Gasteiger partial charge in [0.15, 0.2) is 0 Å². The van der Waals surface area contributed by atoms with Gasteiger partial charge in [0, 0.05) is 17.8 Å². The van der Waals surface area contributed by atoms with E-state index in [1.165, 1.54) is 0 Å². The summed E-state index contributed by atoms with van der Waals surface area (Å²) in [5.74, 6) is 5.70. The first kappa shape index (κ1) is 14.4.